The molecule has 1 amide bonds. The third-order valence-electron chi connectivity index (χ3n) is 1.23. The summed E-state index contributed by atoms with van der Waals surface area (Å²) in [6.07, 6.45) is 0. The maximum atomic E-state index is 10.6. The van der Waals surface area contributed by atoms with Gasteiger partial charge in [-0.1, -0.05) is 0 Å². The van der Waals surface area contributed by atoms with E-state index in [0.717, 1.165) is 0 Å². The molecule has 12 heavy (non-hydrogen) atoms. The smallest absolute Gasteiger partial charge is 0.870 e. The van der Waals surface area contributed by atoms with E-state index in [-0.39, 0.29) is 11.0 Å². The van der Waals surface area contributed by atoms with Gasteiger partial charge in [0.2, 0.25) is 0 Å². The van der Waals surface area contributed by atoms with Gasteiger partial charge in [-0.15, -0.1) is 0 Å². The Hall–Kier alpha value is -1.33. The van der Waals surface area contributed by atoms with Gasteiger partial charge < -0.3 is 11.0 Å². The zero-order valence-electron chi connectivity index (χ0n) is 6.27. The molecule has 0 aliphatic heterocycles. The van der Waals surface area contributed by atoms with Gasteiger partial charge in [-0.05, 0) is 0 Å². The summed E-state index contributed by atoms with van der Waals surface area (Å²) >= 11 is 0. The van der Waals surface area contributed by atoms with E-state index in [1.165, 1.54) is 0 Å². The third-order valence-corrected chi connectivity index (χ3v) is 1.23. The zero-order chi connectivity index (χ0) is 7.56. The minimum Gasteiger partial charge on any atom is -0.870 e. The van der Waals surface area contributed by atoms with Crippen molar-refractivity contribution in [2.24, 2.45) is 5.73 Å². The Morgan fingerprint density at radius 1 is 1.25 bits per heavy atom. The monoisotopic (exact) mass is 165 g/mol. The van der Waals surface area contributed by atoms with Gasteiger partial charge in [0.15, 0.2) is 0 Å². The van der Waals surface area contributed by atoms with Crippen molar-refractivity contribution in [1.29, 1.82) is 0 Å². The predicted octanol–water partition coefficient (Wildman–Crippen LogP) is -0.774. The van der Waals surface area contributed by atoms with E-state index >= 15 is 0 Å². The molecule has 62 valence electrons. The molecule has 0 saturated heterocycles. The van der Waals surface area contributed by atoms with Crippen LogP contribution in [-0.4, -0.2) is 24.7 Å². The van der Waals surface area contributed by atoms with Crippen LogP contribution in [-0.2, 0) is 0 Å². The Balaban J connectivity index is 0. The van der Waals surface area contributed by atoms with Crippen molar-refractivity contribution in [2.45, 2.75) is 0 Å². The number of hydrogen-bond donors (Lipinski definition) is 1. The minimum atomic E-state index is -0.488. The first-order valence-corrected chi connectivity index (χ1v) is 2.86. The maximum absolute atomic E-state index is 10.6. The Morgan fingerprint density at radius 3 is 2.08 bits per heavy atom. The quantitative estimate of drug-likeness (QED) is 0.552. The normalized spacial score (nSPS) is 7.83. The van der Waals surface area contributed by atoms with Crippen molar-refractivity contribution in [3.05, 3.63) is 29.8 Å². The number of hydrogen-bond acceptors (Lipinski definition) is 3. The number of rotatable bonds is 1. The molecule has 0 bridgehead atoms. The van der Waals surface area contributed by atoms with E-state index in [0.29, 0.717) is 11.0 Å². The van der Waals surface area contributed by atoms with Gasteiger partial charge in [-0.3, -0.25) is 0 Å². The first-order chi connectivity index (χ1) is 4.72. The van der Waals surface area contributed by atoms with Crippen LogP contribution in [0.25, 0.3) is 0 Å². The van der Waals surface area contributed by atoms with Crippen molar-refractivity contribution in [2.75, 3.05) is 0 Å². The summed E-state index contributed by atoms with van der Waals surface area (Å²) in [7, 11) is 5.42. The standard InChI is InChI=1S/C7H6BNO.2H2O/c8-6-4-2-1-3-5(6)7(9)10;;/h1-4H,(H2,9,10);2*1H2/q+2;;/p-2. The largest absolute Gasteiger partial charge is 0.870 e. The van der Waals surface area contributed by atoms with E-state index in [1.807, 2.05) is 0 Å². The first kappa shape index (κ1) is 13.3. The van der Waals surface area contributed by atoms with Crippen molar-refractivity contribution in [3.63, 3.8) is 0 Å². The second-order valence-electron chi connectivity index (χ2n) is 1.95. The SMILES string of the molecule is [B+2]c1ccccc1C(N)=O.[OH-].[OH-]. The summed E-state index contributed by atoms with van der Waals surface area (Å²) in [5.74, 6) is -0.488. The van der Waals surface area contributed by atoms with E-state index in [9.17, 15) is 4.79 Å². The average Bonchev–Trinajstić information content (AvgIpc) is 1.88. The molecule has 0 fully saturated rings. The summed E-state index contributed by atoms with van der Waals surface area (Å²) in [5, 5.41) is 0. The average molecular weight is 165 g/mol. The van der Waals surface area contributed by atoms with E-state index in [1.54, 1.807) is 24.3 Å². The molecule has 0 heterocycles. The number of benzene rings is 1. The summed E-state index contributed by atoms with van der Waals surface area (Å²) in [4.78, 5) is 10.6. The van der Waals surface area contributed by atoms with Gasteiger partial charge in [0.1, 0.15) is 0 Å². The van der Waals surface area contributed by atoms with Gasteiger partial charge in [0.05, 0.1) is 0 Å². The predicted molar refractivity (Wildman–Crippen MR) is 44.2 cm³/mol. The van der Waals surface area contributed by atoms with Gasteiger partial charge in [0.25, 0.3) is 0 Å². The van der Waals surface area contributed by atoms with Crippen molar-refractivity contribution in [3.8, 4) is 0 Å². The van der Waals surface area contributed by atoms with Crippen LogP contribution in [0.15, 0.2) is 24.3 Å². The molecule has 4 nitrogen and oxygen atoms in total. The minimum absolute atomic E-state index is 0. The van der Waals surface area contributed by atoms with Crippen molar-refractivity contribution in [1.82, 2.24) is 0 Å². The fraction of sp³-hybridized carbons (Fsp3) is 0. The van der Waals surface area contributed by atoms with Crippen LogP contribution >= 0.6 is 0 Å². The molecule has 4 N–H and O–H groups in total. The number of carbonyl (C=O) groups is 1. The molecule has 0 saturated carbocycles. The number of nitrogens with two attached hydrogens (primary N) is 1. The summed E-state index contributed by atoms with van der Waals surface area (Å²) in [5.41, 5.74) is 5.80. The van der Waals surface area contributed by atoms with Crippen LogP contribution in [0.1, 0.15) is 10.4 Å². The van der Waals surface area contributed by atoms with Crippen LogP contribution in [0.3, 0.4) is 0 Å². The summed E-state index contributed by atoms with van der Waals surface area (Å²) in [6, 6.07) is 6.70. The molecule has 0 radical (unpaired) electrons. The topological polar surface area (TPSA) is 103 Å². The summed E-state index contributed by atoms with van der Waals surface area (Å²) < 4.78 is 0. The van der Waals surface area contributed by atoms with Crippen LogP contribution in [0, 0.1) is 0 Å². The molecule has 0 aromatic heterocycles. The van der Waals surface area contributed by atoms with Crippen molar-refractivity contribution >= 4 is 19.2 Å². The van der Waals surface area contributed by atoms with Crippen LogP contribution < -0.4 is 11.2 Å². The molecule has 1 rings (SSSR count). The maximum Gasteiger partial charge on any atom is -0.870 e. The number of primary amides is 1. The van der Waals surface area contributed by atoms with Crippen LogP contribution in [0.4, 0.5) is 0 Å². The molecule has 0 spiro atoms. The third kappa shape index (κ3) is 2.73. The Bertz CT molecular complexity index is 265. The van der Waals surface area contributed by atoms with Gasteiger partial charge >= 0.3 is 59.6 Å². The van der Waals surface area contributed by atoms with Gasteiger partial charge in [-0.2, -0.15) is 0 Å². The Labute approximate surface area is 71.4 Å². The van der Waals surface area contributed by atoms with Gasteiger partial charge in [0, 0.05) is 0 Å². The van der Waals surface area contributed by atoms with Gasteiger partial charge in [-0.25, -0.2) is 0 Å². The number of amides is 1. The molecule has 0 unspecified atom stereocenters. The molecule has 5 heteroatoms. The fourth-order valence-corrected chi connectivity index (χ4v) is 0.721. The van der Waals surface area contributed by atoms with E-state index in [2.05, 4.69) is 0 Å². The van der Waals surface area contributed by atoms with Crippen LogP contribution in [0.2, 0.25) is 0 Å². The zero-order valence-corrected chi connectivity index (χ0v) is 6.27. The van der Waals surface area contributed by atoms with Crippen LogP contribution in [0.5, 0.6) is 0 Å². The first-order valence-electron chi connectivity index (χ1n) is 2.86. The summed E-state index contributed by atoms with van der Waals surface area (Å²) in [6.45, 7) is 0. The van der Waals surface area contributed by atoms with E-state index < -0.39 is 5.91 Å². The van der Waals surface area contributed by atoms with Crippen molar-refractivity contribution < 1.29 is 15.7 Å². The molecule has 1 aromatic carbocycles. The molecule has 0 aliphatic rings. The van der Waals surface area contributed by atoms with E-state index in [4.69, 9.17) is 13.6 Å². The molecular weight excluding hydrogens is 157 g/mol. The molecule has 0 atom stereocenters. The Kier molecular flexibility index (Phi) is 5.91. The second-order valence-corrected chi connectivity index (χ2v) is 1.95. The molecular formula is C7H8BNO3. The number of carbonyl (C=O) groups excluding carboxylic acids is 1. The molecule has 1 aromatic rings. The molecule has 0 aliphatic carbocycles. The fourth-order valence-electron chi connectivity index (χ4n) is 0.721. The Morgan fingerprint density at radius 2 is 1.75 bits per heavy atom. The second kappa shape index (κ2) is 5.34.